The third kappa shape index (κ3) is 4.04. The van der Waals surface area contributed by atoms with Gasteiger partial charge in [0.1, 0.15) is 0 Å². The Labute approximate surface area is 170 Å². The number of anilines is 1. The van der Waals surface area contributed by atoms with Crippen molar-refractivity contribution in [3.8, 4) is 11.4 Å². The zero-order chi connectivity index (χ0) is 20.2. The molecule has 0 unspecified atom stereocenters. The van der Waals surface area contributed by atoms with Crippen molar-refractivity contribution >= 4 is 40.2 Å². The van der Waals surface area contributed by atoms with Crippen molar-refractivity contribution in [2.45, 2.75) is 0 Å². The van der Waals surface area contributed by atoms with E-state index in [4.69, 9.17) is 11.6 Å². The van der Waals surface area contributed by atoms with E-state index >= 15 is 0 Å². The molecule has 0 amide bonds. The maximum Gasteiger partial charge on any atom is 0.270 e. The molecule has 0 aliphatic carbocycles. The number of aromatic nitrogens is 2. The van der Waals surface area contributed by atoms with Crippen molar-refractivity contribution in [1.82, 2.24) is 9.97 Å². The molecule has 29 heavy (non-hydrogen) atoms. The highest BCUT2D eigenvalue weighted by atomic mass is 35.5. The van der Waals surface area contributed by atoms with Gasteiger partial charge in [0.2, 0.25) is 0 Å². The largest absolute Gasteiger partial charge is 0.270 e. The standard InChI is InChI=1S/C21H14ClN5O2/c22-18-10-3-1-8-16(18)20-24-19-11-4-2-9-17(19)21(25-20)26-23-13-14-6-5-7-15(12-14)27(28)29/h1-13H,(H,24,25,26)/b23-13+. The molecule has 4 rings (SSSR count). The van der Waals surface area contributed by atoms with Crippen molar-refractivity contribution < 1.29 is 4.92 Å². The number of non-ortho nitro benzene ring substituents is 1. The highest BCUT2D eigenvalue weighted by Crippen LogP contribution is 2.29. The molecule has 0 saturated heterocycles. The molecule has 0 atom stereocenters. The van der Waals surface area contributed by atoms with Crippen LogP contribution in [0.1, 0.15) is 5.56 Å². The second-order valence-electron chi connectivity index (χ2n) is 6.11. The first-order valence-electron chi connectivity index (χ1n) is 8.67. The van der Waals surface area contributed by atoms with Crippen molar-refractivity contribution in [1.29, 1.82) is 0 Å². The summed E-state index contributed by atoms with van der Waals surface area (Å²) in [4.78, 5) is 19.6. The number of rotatable bonds is 5. The molecular weight excluding hydrogens is 390 g/mol. The molecule has 4 aromatic rings. The topological polar surface area (TPSA) is 93.3 Å². The molecule has 0 fully saturated rings. The first kappa shape index (κ1) is 18.5. The molecule has 1 heterocycles. The molecule has 1 aromatic heterocycles. The average Bonchev–Trinajstić information content (AvgIpc) is 2.74. The van der Waals surface area contributed by atoms with Gasteiger partial charge in [0.05, 0.1) is 21.7 Å². The monoisotopic (exact) mass is 403 g/mol. The van der Waals surface area contributed by atoms with E-state index in [0.717, 1.165) is 10.9 Å². The molecule has 0 bridgehead atoms. The van der Waals surface area contributed by atoms with E-state index in [1.165, 1.54) is 18.3 Å². The van der Waals surface area contributed by atoms with Crippen molar-refractivity contribution in [2.24, 2.45) is 5.10 Å². The number of halogens is 1. The van der Waals surface area contributed by atoms with E-state index < -0.39 is 4.92 Å². The van der Waals surface area contributed by atoms with Crippen LogP contribution < -0.4 is 5.43 Å². The van der Waals surface area contributed by atoms with Gasteiger partial charge in [-0.2, -0.15) is 5.10 Å². The highest BCUT2D eigenvalue weighted by molar-refractivity contribution is 6.33. The summed E-state index contributed by atoms with van der Waals surface area (Å²) in [5.41, 5.74) is 4.97. The lowest BCUT2D eigenvalue weighted by molar-refractivity contribution is -0.384. The first-order chi connectivity index (χ1) is 14.1. The van der Waals surface area contributed by atoms with Gasteiger partial charge in [0, 0.05) is 28.6 Å². The Kier molecular flexibility index (Phi) is 5.13. The number of nitrogens with one attached hydrogen (secondary N) is 1. The highest BCUT2D eigenvalue weighted by Gasteiger charge is 2.11. The van der Waals surface area contributed by atoms with Gasteiger partial charge in [0.25, 0.3) is 5.69 Å². The number of para-hydroxylation sites is 1. The number of fused-ring (bicyclic) bond motifs is 1. The Bertz CT molecular complexity index is 1240. The normalized spacial score (nSPS) is 11.1. The molecule has 142 valence electrons. The summed E-state index contributed by atoms with van der Waals surface area (Å²) in [5.74, 6) is 0.981. The van der Waals surface area contributed by atoms with Crippen molar-refractivity contribution in [3.05, 3.63) is 93.5 Å². The summed E-state index contributed by atoms with van der Waals surface area (Å²) >= 11 is 6.30. The Morgan fingerprint density at radius 3 is 2.62 bits per heavy atom. The first-order valence-corrected chi connectivity index (χ1v) is 9.05. The molecule has 0 aliphatic heterocycles. The summed E-state index contributed by atoms with van der Waals surface area (Å²) < 4.78 is 0. The van der Waals surface area contributed by atoms with Crippen LogP contribution >= 0.6 is 11.6 Å². The van der Waals surface area contributed by atoms with Crippen LogP contribution in [-0.2, 0) is 0 Å². The Morgan fingerprint density at radius 1 is 1.00 bits per heavy atom. The van der Waals surface area contributed by atoms with Gasteiger partial charge in [-0.3, -0.25) is 15.5 Å². The third-order valence-electron chi connectivity index (χ3n) is 4.18. The van der Waals surface area contributed by atoms with Crippen molar-refractivity contribution in [3.63, 3.8) is 0 Å². The van der Waals surface area contributed by atoms with Gasteiger partial charge >= 0.3 is 0 Å². The van der Waals surface area contributed by atoms with Gasteiger partial charge in [-0.1, -0.05) is 48.0 Å². The van der Waals surface area contributed by atoms with Crippen LogP contribution in [0.4, 0.5) is 11.5 Å². The summed E-state index contributed by atoms with van der Waals surface area (Å²) in [6.45, 7) is 0. The van der Waals surface area contributed by atoms with Crippen molar-refractivity contribution in [2.75, 3.05) is 5.43 Å². The number of hydrogen-bond donors (Lipinski definition) is 1. The van der Waals surface area contributed by atoms with Crippen LogP contribution in [0.2, 0.25) is 5.02 Å². The van der Waals surface area contributed by atoms with E-state index in [1.807, 2.05) is 42.5 Å². The lowest BCUT2D eigenvalue weighted by atomic mass is 10.2. The lowest BCUT2D eigenvalue weighted by Gasteiger charge is -2.09. The summed E-state index contributed by atoms with van der Waals surface area (Å²) in [6, 6.07) is 21.1. The van der Waals surface area contributed by atoms with Gasteiger partial charge in [-0.15, -0.1) is 0 Å². The fourth-order valence-corrected chi connectivity index (χ4v) is 3.03. The molecule has 1 N–H and O–H groups in total. The number of benzene rings is 3. The summed E-state index contributed by atoms with van der Waals surface area (Å²) in [6.07, 6.45) is 1.50. The van der Waals surface area contributed by atoms with E-state index in [0.29, 0.717) is 27.8 Å². The molecule has 0 radical (unpaired) electrons. The molecule has 0 aliphatic rings. The summed E-state index contributed by atoms with van der Waals surface area (Å²) in [7, 11) is 0. The van der Waals surface area contributed by atoms with Crippen LogP contribution in [-0.4, -0.2) is 21.1 Å². The number of hydrogen-bond acceptors (Lipinski definition) is 6. The van der Waals surface area contributed by atoms with E-state index in [9.17, 15) is 10.1 Å². The van der Waals surface area contributed by atoms with Crippen LogP contribution in [0.15, 0.2) is 77.9 Å². The van der Waals surface area contributed by atoms with Crippen LogP contribution in [0.5, 0.6) is 0 Å². The zero-order valence-electron chi connectivity index (χ0n) is 15.0. The minimum atomic E-state index is -0.446. The second kappa shape index (κ2) is 8.04. The van der Waals surface area contributed by atoms with E-state index in [-0.39, 0.29) is 5.69 Å². The van der Waals surface area contributed by atoms with Crippen LogP contribution in [0.3, 0.4) is 0 Å². The number of nitro benzene ring substituents is 1. The minimum absolute atomic E-state index is 0.00226. The zero-order valence-corrected chi connectivity index (χ0v) is 15.7. The van der Waals surface area contributed by atoms with Gasteiger partial charge in [0.15, 0.2) is 11.6 Å². The van der Waals surface area contributed by atoms with Gasteiger partial charge in [-0.25, -0.2) is 9.97 Å². The Balaban J connectivity index is 1.70. The smallest absolute Gasteiger partial charge is 0.261 e. The lowest BCUT2D eigenvalue weighted by Crippen LogP contribution is -1.99. The number of nitro groups is 1. The predicted octanol–water partition coefficient (Wildman–Crippen LogP) is 5.30. The third-order valence-corrected chi connectivity index (χ3v) is 4.51. The quantitative estimate of drug-likeness (QED) is 0.277. The minimum Gasteiger partial charge on any atom is -0.261 e. The van der Waals surface area contributed by atoms with Gasteiger partial charge in [-0.05, 0) is 24.3 Å². The number of hydrazone groups is 1. The van der Waals surface area contributed by atoms with E-state index in [1.54, 1.807) is 18.2 Å². The average molecular weight is 404 g/mol. The predicted molar refractivity (Wildman–Crippen MR) is 114 cm³/mol. The van der Waals surface area contributed by atoms with Crippen LogP contribution in [0.25, 0.3) is 22.3 Å². The molecular formula is C21H14ClN5O2. The maximum atomic E-state index is 10.9. The second-order valence-corrected chi connectivity index (χ2v) is 6.52. The molecule has 7 nitrogen and oxygen atoms in total. The summed E-state index contributed by atoms with van der Waals surface area (Å²) in [5, 5.41) is 16.5. The molecule has 3 aromatic carbocycles. The Hall–Kier alpha value is -3.84. The molecule has 0 saturated carbocycles. The van der Waals surface area contributed by atoms with Gasteiger partial charge < -0.3 is 0 Å². The SMILES string of the molecule is O=[N+]([O-])c1cccc(/C=N/Nc2nc(-c3ccccc3Cl)nc3ccccc23)c1. The molecule has 0 spiro atoms. The molecule has 8 heteroatoms. The van der Waals surface area contributed by atoms with Crippen LogP contribution in [0, 0.1) is 10.1 Å². The fourth-order valence-electron chi connectivity index (χ4n) is 2.81. The maximum absolute atomic E-state index is 10.9. The van der Waals surface area contributed by atoms with E-state index in [2.05, 4.69) is 20.5 Å². The Morgan fingerprint density at radius 2 is 1.79 bits per heavy atom. The fraction of sp³-hybridized carbons (Fsp3) is 0. The number of nitrogens with zero attached hydrogens (tertiary/aromatic N) is 4.